The number of ether oxygens (including phenoxy) is 2. The van der Waals surface area contributed by atoms with Crippen LogP contribution >= 0.6 is 12.2 Å². The van der Waals surface area contributed by atoms with Crippen LogP contribution in [0, 0.1) is 0 Å². The molecular formula is C21H28N3O2S+. The van der Waals surface area contributed by atoms with Crippen LogP contribution in [-0.2, 0) is 4.74 Å². The summed E-state index contributed by atoms with van der Waals surface area (Å²) in [6, 6.07) is 18.4. The Kier molecular flexibility index (Phi) is 7.45. The Labute approximate surface area is 166 Å². The maximum atomic E-state index is 5.56. The summed E-state index contributed by atoms with van der Waals surface area (Å²) in [4.78, 5) is 1.56. The quantitative estimate of drug-likeness (QED) is 0.624. The van der Waals surface area contributed by atoms with Gasteiger partial charge in [-0.3, -0.25) is 0 Å². The van der Waals surface area contributed by atoms with E-state index < -0.39 is 0 Å². The van der Waals surface area contributed by atoms with Gasteiger partial charge in [-0.15, -0.1) is 0 Å². The van der Waals surface area contributed by atoms with Gasteiger partial charge in [-0.05, 0) is 35.5 Å². The lowest BCUT2D eigenvalue weighted by molar-refractivity contribution is -0.906. The highest BCUT2D eigenvalue weighted by Crippen LogP contribution is 2.24. The van der Waals surface area contributed by atoms with E-state index in [2.05, 4.69) is 34.9 Å². The van der Waals surface area contributed by atoms with E-state index >= 15 is 0 Å². The molecule has 6 heteroatoms. The van der Waals surface area contributed by atoms with E-state index in [-0.39, 0.29) is 6.04 Å². The van der Waals surface area contributed by atoms with Crippen LogP contribution in [0.15, 0.2) is 54.6 Å². The lowest BCUT2D eigenvalue weighted by Crippen LogP contribution is -3.14. The molecule has 27 heavy (non-hydrogen) atoms. The summed E-state index contributed by atoms with van der Waals surface area (Å²) in [5, 5.41) is 7.50. The predicted molar refractivity (Wildman–Crippen MR) is 111 cm³/mol. The van der Waals surface area contributed by atoms with Crippen LogP contribution in [0.2, 0.25) is 0 Å². The summed E-state index contributed by atoms with van der Waals surface area (Å²) in [5.41, 5.74) is 2.32. The van der Waals surface area contributed by atoms with Crippen molar-refractivity contribution < 1.29 is 14.4 Å². The smallest absolute Gasteiger partial charge is 0.167 e. The molecular weight excluding hydrogens is 358 g/mol. The zero-order chi connectivity index (χ0) is 18.9. The minimum atomic E-state index is -0.00663. The highest BCUT2D eigenvalue weighted by molar-refractivity contribution is 7.80. The Bertz CT molecular complexity index is 703. The fraction of sp³-hybridized carbons (Fsp3) is 0.381. The van der Waals surface area contributed by atoms with Crippen LogP contribution in [0.5, 0.6) is 5.75 Å². The van der Waals surface area contributed by atoms with Crippen molar-refractivity contribution in [3.8, 4) is 5.75 Å². The molecule has 1 aliphatic rings. The molecule has 1 saturated heterocycles. The van der Waals surface area contributed by atoms with E-state index in [4.69, 9.17) is 21.7 Å². The second-order valence-electron chi connectivity index (χ2n) is 6.63. The number of methoxy groups -OCH3 is 1. The number of thiocarbonyl (C=S) groups is 1. The zero-order valence-electron chi connectivity index (χ0n) is 15.7. The predicted octanol–water partition coefficient (Wildman–Crippen LogP) is 1.16. The first-order valence-corrected chi connectivity index (χ1v) is 9.81. The third-order valence-electron chi connectivity index (χ3n) is 4.82. The Morgan fingerprint density at radius 2 is 1.74 bits per heavy atom. The van der Waals surface area contributed by atoms with Crippen LogP contribution < -0.4 is 20.3 Å². The SMILES string of the molecule is COc1ccc([C@@H](NC(=S)NCC[NH+]2CCOCC2)c2ccccc2)cc1. The molecule has 0 aromatic heterocycles. The van der Waals surface area contributed by atoms with E-state index in [1.165, 1.54) is 5.56 Å². The van der Waals surface area contributed by atoms with Gasteiger partial charge in [0.15, 0.2) is 5.11 Å². The van der Waals surface area contributed by atoms with E-state index in [9.17, 15) is 0 Å². The summed E-state index contributed by atoms with van der Waals surface area (Å²) in [5.74, 6) is 0.847. The van der Waals surface area contributed by atoms with Crippen LogP contribution in [0.3, 0.4) is 0 Å². The minimum absolute atomic E-state index is 0.00663. The van der Waals surface area contributed by atoms with Crippen molar-refractivity contribution in [1.29, 1.82) is 0 Å². The van der Waals surface area contributed by atoms with E-state index in [0.717, 1.165) is 50.7 Å². The van der Waals surface area contributed by atoms with Crippen molar-refractivity contribution in [3.05, 3.63) is 65.7 Å². The lowest BCUT2D eigenvalue weighted by atomic mass is 9.99. The average molecular weight is 387 g/mol. The molecule has 0 unspecified atom stereocenters. The van der Waals surface area contributed by atoms with Crippen LogP contribution in [0.25, 0.3) is 0 Å². The molecule has 3 rings (SSSR count). The molecule has 1 fully saturated rings. The van der Waals surface area contributed by atoms with Crippen LogP contribution in [0.4, 0.5) is 0 Å². The highest BCUT2D eigenvalue weighted by atomic mass is 32.1. The standard InChI is InChI=1S/C21H27N3O2S/c1-25-19-9-7-18(8-10-19)20(17-5-3-2-4-6-17)23-21(27)22-11-12-24-13-15-26-16-14-24/h2-10,20H,11-16H2,1H3,(H2,22,23,27)/p+1/t20-/m0/s1. The molecule has 5 nitrogen and oxygen atoms in total. The van der Waals surface area contributed by atoms with E-state index in [1.807, 2.05) is 30.3 Å². The molecule has 144 valence electrons. The molecule has 3 N–H and O–H groups in total. The maximum Gasteiger partial charge on any atom is 0.167 e. The van der Waals surface area contributed by atoms with Crippen LogP contribution in [0.1, 0.15) is 17.2 Å². The average Bonchev–Trinajstić information content (AvgIpc) is 2.73. The molecule has 0 saturated carbocycles. The van der Waals surface area contributed by atoms with Crippen molar-refractivity contribution in [1.82, 2.24) is 10.6 Å². The molecule has 2 aromatic carbocycles. The molecule has 0 radical (unpaired) electrons. The summed E-state index contributed by atoms with van der Waals surface area (Å²) in [6.07, 6.45) is 0. The first-order chi connectivity index (χ1) is 13.3. The van der Waals surface area contributed by atoms with Gasteiger partial charge in [-0.1, -0.05) is 42.5 Å². The number of benzene rings is 2. The largest absolute Gasteiger partial charge is 0.497 e. The number of rotatable bonds is 7. The molecule has 0 bridgehead atoms. The molecule has 1 atom stereocenters. The summed E-state index contributed by atoms with van der Waals surface area (Å²) >= 11 is 5.56. The van der Waals surface area contributed by atoms with Gasteiger partial charge in [0.05, 0.1) is 39.5 Å². The first-order valence-electron chi connectivity index (χ1n) is 9.41. The van der Waals surface area contributed by atoms with E-state index in [0.29, 0.717) is 5.11 Å². The number of hydrogen-bond donors (Lipinski definition) is 3. The van der Waals surface area contributed by atoms with Gasteiger partial charge in [-0.25, -0.2) is 0 Å². The Morgan fingerprint density at radius 3 is 2.41 bits per heavy atom. The monoisotopic (exact) mass is 386 g/mol. The molecule has 1 heterocycles. The van der Waals surface area contributed by atoms with Gasteiger partial charge in [0, 0.05) is 0 Å². The van der Waals surface area contributed by atoms with E-state index in [1.54, 1.807) is 12.0 Å². The summed E-state index contributed by atoms with van der Waals surface area (Å²) < 4.78 is 10.7. The van der Waals surface area contributed by atoms with Crippen molar-refractivity contribution in [2.75, 3.05) is 46.5 Å². The number of nitrogens with one attached hydrogen (secondary N) is 3. The molecule has 0 amide bonds. The number of morpholine rings is 1. The van der Waals surface area contributed by atoms with Crippen molar-refractivity contribution in [2.45, 2.75) is 6.04 Å². The van der Waals surface area contributed by atoms with Gasteiger partial charge in [0.25, 0.3) is 0 Å². The number of hydrogen-bond acceptors (Lipinski definition) is 3. The van der Waals surface area contributed by atoms with Gasteiger partial charge in [-0.2, -0.15) is 0 Å². The van der Waals surface area contributed by atoms with Crippen molar-refractivity contribution in [3.63, 3.8) is 0 Å². The highest BCUT2D eigenvalue weighted by Gasteiger charge is 2.16. The second kappa shape index (κ2) is 10.3. The molecule has 0 aliphatic carbocycles. The van der Waals surface area contributed by atoms with Gasteiger partial charge in [0.1, 0.15) is 18.8 Å². The normalized spacial score (nSPS) is 15.7. The Hall–Kier alpha value is -2.15. The van der Waals surface area contributed by atoms with Gasteiger partial charge >= 0.3 is 0 Å². The fourth-order valence-corrected chi connectivity index (χ4v) is 3.47. The Morgan fingerprint density at radius 1 is 1.07 bits per heavy atom. The molecule has 2 aromatic rings. The van der Waals surface area contributed by atoms with Crippen molar-refractivity contribution >= 4 is 17.3 Å². The van der Waals surface area contributed by atoms with Gasteiger partial charge in [0.2, 0.25) is 0 Å². The van der Waals surface area contributed by atoms with Gasteiger partial charge < -0.3 is 25.0 Å². The molecule has 0 spiro atoms. The van der Waals surface area contributed by atoms with Crippen molar-refractivity contribution in [2.24, 2.45) is 0 Å². The zero-order valence-corrected chi connectivity index (χ0v) is 16.6. The topological polar surface area (TPSA) is 47.0 Å². The summed E-state index contributed by atoms with van der Waals surface area (Å²) in [6.45, 7) is 5.74. The third-order valence-corrected chi connectivity index (χ3v) is 5.08. The maximum absolute atomic E-state index is 5.56. The fourth-order valence-electron chi connectivity index (χ4n) is 3.25. The third kappa shape index (κ3) is 5.92. The molecule has 1 aliphatic heterocycles. The Balaban J connectivity index is 1.61. The first kappa shape index (κ1) is 19.6. The minimum Gasteiger partial charge on any atom is -0.497 e. The summed E-state index contributed by atoms with van der Waals surface area (Å²) in [7, 11) is 1.68. The number of quaternary nitrogens is 1. The second-order valence-corrected chi connectivity index (χ2v) is 7.04. The van der Waals surface area contributed by atoms with Crippen LogP contribution in [-0.4, -0.2) is 51.6 Å². The lowest BCUT2D eigenvalue weighted by Gasteiger charge is -2.25.